The number of ether oxygens (including phenoxy) is 1. The minimum atomic E-state index is 0. The van der Waals surface area contributed by atoms with Crippen molar-refractivity contribution in [1.29, 1.82) is 0 Å². The first kappa shape index (κ1) is 20.8. The van der Waals surface area contributed by atoms with Crippen molar-refractivity contribution >= 4 is 30.8 Å². The van der Waals surface area contributed by atoms with Gasteiger partial charge >= 0.3 is 6.03 Å². The van der Waals surface area contributed by atoms with Gasteiger partial charge in [0.05, 0.1) is 12.2 Å². The lowest BCUT2D eigenvalue weighted by Crippen LogP contribution is -2.59. The number of hydrogen-bond acceptors (Lipinski definition) is 4. The van der Waals surface area contributed by atoms with Crippen molar-refractivity contribution in [2.45, 2.75) is 37.8 Å². The highest BCUT2D eigenvalue weighted by Crippen LogP contribution is 2.18. The van der Waals surface area contributed by atoms with Crippen molar-refractivity contribution in [2.24, 2.45) is 0 Å². The van der Waals surface area contributed by atoms with Crippen molar-refractivity contribution < 1.29 is 9.53 Å². The Bertz CT molecular complexity index is 486. The molecule has 1 atom stereocenters. The summed E-state index contributed by atoms with van der Waals surface area (Å²) in [4.78, 5) is 18.4. The van der Waals surface area contributed by atoms with Crippen LogP contribution in [-0.4, -0.2) is 54.2 Å². The highest BCUT2D eigenvalue weighted by Gasteiger charge is 2.29. The molecule has 1 aliphatic carbocycles. The van der Waals surface area contributed by atoms with E-state index >= 15 is 0 Å². The summed E-state index contributed by atoms with van der Waals surface area (Å²) in [6, 6.07) is 4.18. The van der Waals surface area contributed by atoms with Crippen LogP contribution >= 0.6 is 24.8 Å². The van der Waals surface area contributed by atoms with Gasteiger partial charge in [-0.05, 0) is 25.0 Å². The molecule has 136 valence electrons. The highest BCUT2D eigenvalue weighted by atomic mass is 35.5. The standard InChI is InChI=1S/C16H24N4O2.2ClH/c21-16(19-13-4-1-2-5-13)20-9-8-18-10-14(20)12-22-15-6-3-7-17-11-15;;/h3,6-7,11,13-14,18H,1-2,4-5,8-10,12H2,(H,19,21);2*1H. The Morgan fingerprint density at radius 1 is 1.38 bits per heavy atom. The van der Waals surface area contributed by atoms with Crippen LogP contribution in [-0.2, 0) is 0 Å². The third kappa shape index (κ3) is 5.69. The minimum absolute atomic E-state index is 0. The lowest BCUT2D eigenvalue weighted by Gasteiger charge is -2.36. The second-order valence-electron chi connectivity index (χ2n) is 5.98. The molecule has 1 saturated carbocycles. The Morgan fingerprint density at radius 3 is 2.88 bits per heavy atom. The second kappa shape index (κ2) is 10.6. The van der Waals surface area contributed by atoms with E-state index in [-0.39, 0.29) is 36.9 Å². The molecule has 2 aliphatic rings. The van der Waals surface area contributed by atoms with E-state index in [1.54, 1.807) is 12.4 Å². The van der Waals surface area contributed by atoms with E-state index in [0.29, 0.717) is 12.6 Å². The molecule has 1 saturated heterocycles. The van der Waals surface area contributed by atoms with Crippen molar-refractivity contribution in [3.63, 3.8) is 0 Å². The monoisotopic (exact) mass is 376 g/mol. The van der Waals surface area contributed by atoms with Gasteiger partial charge in [-0.3, -0.25) is 4.98 Å². The van der Waals surface area contributed by atoms with Crippen molar-refractivity contribution in [3.8, 4) is 5.75 Å². The predicted molar refractivity (Wildman–Crippen MR) is 98.4 cm³/mol. The second-order valence-corrected chi connectivity index (χ2v) is 5.98. The van der Waals surface area contributed by atoms with Gasteiger partial charge in [0.1, 0.15) is 12.4 Å². The molecule has 0 bridgehead atoms. The number of carbonyl (C=O) groups is 1. The fourth-order valence-electron chi connectivity index (χ4n) is 3.13. The zero-order valence-electron chi connectivity index (χ0n) is 13.6. The number of amides is 2. The highest BCUT2D eigenvalue weighted by molar-refractivity contribution is 5.85. The maximum absolute atomic E-state index is 12.5. The molecule has 0 aromatic carbocycles. The van der Waals surface area contributed by atoms with Gasteiger partial charge in [-0.1, -0.05) is 12.8 Å². The normalized spacial score (nSPS) is 20.7. The Kier molecular flexibility index (Phi) is 9.18. The number of rotatable bonds is 4. The van der Waals surface area contributed by atoms with Crippen LogP contribution in [0.3, 0.4) is 0 Å². The van der Waals surface area contributed by atoms with Crippen LogP contribution in [0.1, 0.15) is 25.7 Å². The zero-order chi connectivity index (χ0) is 15.2. The molecule has 2 N–H and O–H groups in total. The lowest BCUT2D eigenvalue weighted by atomic mass is 10.2. The fourth-order valence-corrected chi connectivity index (χ4v) is 3.13. The predicted octanol–water partition coefficient (Wildman–Crippen LogP) is 2.23. The van der Waals surface area contributed by atoms with Gasteiger partial charge in [0.2, 0.25) is 0 Å². The van der Waals surface area contributed by atoms with Crippen molar-refractivity contribution in [3.05, 3.63) is 24.5 Å². The van der Waals surface area contributed by atoms with E-state index in [1.807, 2.05) is 17.0 Å². The average molecular weight is 377 g/mol. The first-order valence-electron chi connectivity index (χ1n) is 8.13. The molecule has 8 heteroatoms. The smallest absolute Gasteiger partial charge is 0.318 e. The summed E-state index contributed by atoms with van der Waals surface area (Å²) in [6.45, 7) is 2.80. The van der Waals surface area contributed by atoms with E-state index < -0.39 is 0 Å². The summed E-state index contributed by atoms with van der Waals surface area (Å²) in [5, 5.41) is 6.50. The number of nitrogens with one attached hydrogen (secondary N) is 2. The zero-order valence-corrected chi connectivity index (χ0v) is 15.3. The Morgan fingerprint density at radius 2 is 2.17 bits per heavy atom. The fraction of sp³-hybridized carbons (Fsp3) is 0.625. The van der Waals surface area contributed by atoms with Crippen LogP contribution in [0, 0.1) is 0 Å². The third-order valence-corrected chi connectivity index (χ3v) is 4.37. The van der Waals surface area contributed by atoms with Gasteiger partial charge in [-0.2, -0.15) is 0 Å². The Balaban J connectivity index is 0.00000144. The SMILES string of the molecule is Cl.Cl.O=C(NC1CCCC1)N1CCNCC1COc1cccnc1. The molecule has 0 radical (unpaired) electrons. The van der Waals surface area contributed by atoms with Gasteiger partial charge in [0.15, 0.2) is 0 Å². The Labute approximate surface area is 155 Å². The van der Waals surface area contributed by atoms with Crippen LogP contribution in [0.4, 0.5) is 4.79 Å². The molecule has 3 rings (SSSR count). The van der Waals surface area contributed by atoms with Crippen LogP contribution in [0.5, 0.6) is 5.75 Å². The molecule has 24 heavy (non-hydrogen) atoms. The van der Waals surface area contributed by atoms with Crippen LogP contribution < -0.4 is 15.4 Å². The molecule has 1 aromatic heterocycles. The maximum Gasteiger partial charge on any atom is 0.318 e. The number of pyridine rings is 1. The molecule has 1 aliphatic heterocycles. The molecule has 0 spiro atoms. The number of piperazine rings is 1. The number of urea groups is 1. The van der Waals surface area contributed by atoms with Crippen LogP contribution in [0.15, 0.2) is 24.5 Å². The molecule has 2 fully saturated rings. The number of aromatic nitrogens is 1. The summed E-state index contributed by atoms with van der Waals surface area (Å²) in [5.41, 5.74) is 0. The average Bonchev–Trinajstić information content (AvgIpc) is 3.07. The van der Waals surface area contributed by atoms with Crippen molar-refractivity contribution in [1.82, 2.24) is 20.5 Å². The van der Waals surface area contributed by atoms with Gasteiger partial charge < -0.3 is 20.3 Å². The lowest BCUT2D eigenvalue weighted by molar-refractivity contribution is 0.122. The van der Waals surface area contributed by atoms with E-state index in [2.05, 4.69) is 15.6 Å². The topological polar surface area (TPSA) is 66.5 Å². The molecular formula is C16H26Cl2N4O2. The van der Waals surface area contributed by atoms with E-state index in [4.69, 9.17) is 4.74 Å². The largest absolute Gasteiger partial charge is 0.490 e. The molecule has 2 heterocycles. The van der Waals surface area contributed by atoms with Gasteiger partial charge in [0.25, 0.3) is 0 Å². The summed E-state index contributed by atoms with van der Waals surface area (Å²) < 4.78 is 5.77. The summed E-state index contributed by atoms with van der Waals surface area (Å²) in [6.07, 6.45) is 8.07. The first-order valence-corrected chi connectivity index (χ1v) is 8.13. The maximum atomic E-state index is 12.5. The molecule has 2 amide bonds. The molecule has 1 aromatic rings. The van der Waals surface area contributed by atoms with Gasteiger partial charge in [-0.25, -0.2) is 4.79 Å². The van der Waals surface area contributed by atoms with E-state index in [9.17, 15) is 4.79 Å². The molecular weight excluding hydrogens is 351 g/mol. The quantitative estimate of drug-likeness (QED) is 0.845. The Hall–Kier alpha value is -1.24. The first-order chi connectivity index (χ1) is 10.8. The molecule has 6 nitrogen and oxygen atoms in total. The number of nitrogens with zero attached hydrogens (tertiary/aromatic N) is 2. The summed E-state index contributed by atoms with van der Waals surface area (Å²) in [5.74, 6) is 0.740. The number of halogens is 2. The van der Waals surface area contributed by atoms with Crippen LogP contribution in [0.25, 0.3) is 0 Å². The summed E-state index contributed by atoms with van der Waals surface area (Å²) >= 11 is 0. The minimum Gasteiger partial charge on any atom is -0.490 e. The van der Waals surface area contributed by atoms with Crippen LogP contribution in [0.2, 0.25) is 0 Å². The third-order valence-electron chi connectivity index (χ3n) is 4.37. The number of hydrogen-bond donors (Lipinski definition) is 2. The van der Waals surface area contributed by atoms with Crippen molar-refractivity contribution in [2.75, 3.05) is 26.2 Å². The van der Waals surface area contributed by atoms with E-state index in [1.165, 1.54) is 12.8 Å². The van der Waals surface area contributed by atoms with E-state index in [0.717, 1.165) is 38.2 Å². The van der Waals surface area contributed by atoms with Gasteiger partial charge in [0, 0.05) is 31.9 Å². The number of carbonyl (C=O) groups excluding carboxylic acids is 1. The summed E-state index contributed by atoms with van der Waals surface area (Å²) in [7, 11) is 0. The molecule has 1 unspecified atom stereocenters. The van der Waals surface area contributed by atoms with Gasteiger partial charge in [-0.15, -0.1) is 24.8 Å².